The fourth-order valence-electron chi connectivity index (χ4n) is 2.27. The molecule has 0 saturated heterocycles. The van der Waals surface area contributed by atoms with Crippen molar-refractivity contribution in [1.82, 2.24) is 5.32 Å². The zero-order chi connectivity index (χ0) is 12.3. The van der Waals surface area contributed by atoms with Crippen molar-refractivity contribution in [2.45, 2.75) is 38.3 Å². The summed E-state index contributed by atoms with van der Waals surface area (Å²) in [6, 6.07) is 4.74. The van der Waals surface area contributed by atoms with Crippen LogP contribution in [0.15, 0.2) is 15.9 Å². The molecule has 1 heterocycles. The van der Waals surface area contributed by atoms with Crippen LogP contribution in [0.4, 0.5) is 0 Å². The highest BCUT2D eigenvalue weighted by atomic mass is 79.9. The van der Waals surface area contributed by atoms with Crippen molar-refractivity contribution in [2.75, 3.05) is 0 Å². The van der Waals surface area contributed by atoms with Crippen LogP contribution in [-0.4, -0.2) is 11.9 Å². The summed E-state index contributed by atoms with van der Waals surface area (Å²) in [7, 11) is 0. The van der Waals surface area contributed by atoms with Crippen molar-refractivity contribution in [3.05, 3.63) is 20.8 Å². The van der Waals surface area contributed by atoms with Crippen molar-refractivity contribution in [3.63, 3.8) is 0 Å². The van der Waals surface area contributed by atoms with Gasteiger partial charge in [0.05, 0.1) is 3.79 Å². The minimum atomic E-state index is -0.134. The normalized spacial score (nSPS) is 24.8. The van der Waals surface area contributed by atoms with Gasteiger partial charge in [-0.2, -0.15) is 0 Å². The van der Waals surface area contributed by atoms with E-state index in [9.17, 15) is 4.79 Å². The van der Waals surface area contributed by atoms with Crippen molar-refractivity contribution in [1.29, 1.82) is 0 Å². The number of hydrogen-bond donors (Lipinski definition) is 2. The lowest BCUT2D eigenvalue weighted by Gasteiger charge is -2.27. The van der Waals surface area contributed by atoms with Crippen LogP contribution >= 0.6 is 27.3 Å². The first-order valence-corrected chi connectivity index (χ1v) is 7.53. The Balaban J connectivity index is 1.73. The SMILES string of the molecule is NC(=O)C1CCC(NCc2ccc(Br)s2)CC1. The molecule has 0 spiro atoms. The number of thiophene rings is 1. The first-order valence-electron chi connectivity index (χ1n) is 5.92. The molecule has 1 aromatic rings. The molecule has 94 valence electrons. The van der Waals surface area contributed by atoms with E-state index in [0.29, 0.717) is 6.04 Å². The Hall–Kier alpha value is -0.390. The molecule has 3 nitrogen and oxygen atoms in total. The van der Waals surface area contributed by atoms with Crippen molar-refractivity contribution >= 4 is 33.2 Å². The van der Waals surface area contributed by atoms with Gasteiger partial charge in [0, 0.05) is 23.4 Å². The van der Waals surface area contributed by atoms with Gasteiger partial charge in [-0.15, -0.1) is 11.3 Å². The fourth-order valence-corrected chi connectivity index (χ4v) is 3.71. The molecule has 5 heteroatoms. The molecule has 2 rings (SSSR count). The van der Waals surface area contributed by atoms with Gasteiger partial charge in [0.25, 0.3) is 0 Å². The van der Waals surface area contributed by atoms with E-state index in [4.69, 9.17) is 5.73 Å². The van der Waals surface area contributed by atoms with Gasteiger partial charge in [0.2, 0.25) is 5.91 Å². The van der Waals surface area contributed by atoms with E-state index < -0.39 is 0 Å². The number of halogens is 1. The van der Waals surface area contributed by atoms with E-state index in [1.807, 2.05) is 0 Å². The van der Waals surface area contributed by atoms with Crippen LogP contribution in [0.25, 0.3) is 0 Å². The summed E-state index contributed by atoms with van der Waals surface area (Å²) in [6.07, 6.45) is 3.97. The molecule has 0 radical (unpaired) electrons. The smallest absolute Gasteiger partial charge is 0.220 e. The first kappa shape index (κ1) is 13.1. The minimum absolute atomic E-state index is 0.101. The number of carbonyl (C=O) groups excluding carboxylic acids is 1. The molecule has 0 aliphatic heterocycles. The largest absolute Gasteiger partial charge is 0.369 e. The van der Waals surface area contributed by atoms with Gasteiger partial charge in [-0.3, -0.25) is 4.79 Å². The monoisotopic (exact) mass is 316 g/mol. The van der Waals surface area contributed by atoms with E-state index in [1.165, 1.54) is 8.66 Å². The number of nitrogens with two attached hydrogens (primary N) is 1. The van der Waals surface area contributed by atoms with Crippen LogP contribution in [0.1, 0.15) is 30.6 Å². The van der Waals surface area contributed by atoms with Gasteiger partial charge >= 0.3 is 0 Å². The Morgan fingerprint density at radius 1 is 1.41 bits per heavy atom. The predicted octanol–water partition coefficient (Wildman–Crippen LogP) is 2.64. The number of nitrogens with one attached hydrogen (secondary N) is 1. The molecule has 1 aliphatic rings. The molecule has 1 fully saturated rings. The van der Waals surface area contributed by atoms with Gasteiger partial charge in [-0.25, -0.2) is 0 Å². The zero-order valence-electron chi connectivity index (χ0n) is 9.62. The maximum absolute atomic E-state index is 11.0. The second-order valence-electron chi connectivity index (χ2n) is 4.54. The summed E-state index contributed by atoms with van der Waals surface area (Å²) in [6.45, 7) is 0.919. The highest BCUT2D eigenvalue weighted by molar-refractivity contribution is 9.11. The molecule has 1 saturated carbocycles. The Kier molecular flexibility index (Phi) is 4.59. The molecule has 3 N–H and O–H groups in total. The quantitative estimate of drug-likeness (QED) is 0.897. The minimum Gasteiger partial charge on any atom is -0.369 e. The second kappa shape index (κ2) is 5.98. The summed E-state index contributed by atoms with van der Waals surface area (Å²) in [5.74, 6) is -0.0328. The number of rotatable bonds is 4. The lowest BCUT2D eigenvalue weighted by Crippen LogP contribution is -2.36. The molecule has 1 aromatic heterocycles. The van der Waals surface area contributed by atoms with Crippen LogP contribution in [0.2, 0.25) is 0 Å². The molecular weight excluding hydrogens is 300 g/mol. The summed E-state index contributed by atoms with van der Waals surface area (Å²) in [4.78, 5) is 12.4. The molecule has 0 atom stereocenters. The van der Waals surface area contributed by atoms with E-state index in [1.54, 1.807) is 11.3 Å². The summed E-state index contributed by atoms with van der Waals surface area (Å²) >= 11 is 5.22. The van der Waals surface area contributed by atoms with Gasteiger partial charge in [0.15, 0.2) is 0 Å². The summed E-state index contributed by atoms with van der Waals surface area (Å²) in [5.41, 5.74) is 5.32. The third-order valence-electron chi connectivity index (χ3n) is 3.32. The van der Waals surface area contributed by atoms with Crippen molar-refractivity contribution in [3.8, 4) is 0 Å². The predicted molar refractivity (Wildman–Crippen MR) is 73.8 cm³/mol. The maximum atomic E-state index is 11.0. The van der Waals surface area contributed by atoms with Gasteiger partial charge in [-0.05, 0) is 53.7 Å². The average molecular weight is 317 g/mol. The van der Waals surface area contributed by atoms with E-state index in [0.717, 1.165) is 32.2 Å². The van der Waals surface area contributed by atoms with Crippen LogP contribution in [0, 0.1) is 5.92 Å². The Morgan fingerprint density at radius 2 is 2.12 bits per heavy atom. The summed E-state index contributed by atoms with van der Waals surface area (Å²) in [5, 5.41) is 3.55. The second-order valence-corrected chi connectivity index (χ2v) is 7.09. The van der Waals surface area contributed by atoms with Crippen LogP contribution in [0.3, 0.4) is 0 Å². The number of carbonyl (C=O) groups is 1. The lowest BCUT2D eigenvalue weighted by atomic mass is 9.85. The molecule has 1 aliphatic carbocycles. The van der Waals surface area contributed by atoms with Crippen LogP contribution < -0.4 is 11.1 Å². The van der Waals surface area contributed by atoms with Crippen molar-refractivity contribution < 1.29 is 4.79 Å². The van der Waals surface area contributed by atoms with Gasteiger partial charge in [0.1, 0.15) is 0 Å². The lowest BCUT2D eigenvalue weighted by molar-refractivity contribution is -0.122. The average Bonchev–Trinajstić information content (AvgIpc) is 2.73. The molecule has 17 heavy (non-hydrogen) atoms. The molecule has 0 aromatic carbocycles. The Bertz CT molecular complexity index is 386. The number of amides is 1. The highest BCUT2D eigenvalue weighted by Gasteiger charge is 2.24. The molecular formula is C12H17BrN2OS. The molecule has 0 bridgehead atoms. The van der Waals surface area contributed by atoms with E-state index in [2.05, 4.69) is 33.4 Å². The number of primary amides is 1. The maximum Gasteiger partial charge on any atom is 0.220 e. The fraction of sp³-hybridized carbons (Fsp3) is 0.583. The first-order chi connectivity index (χ1) is 8.15. The van der Waals surface area contributed by atoms with Gasteiger partial charge in [-0.1, -0.05) is 0 Å². The topological polar surface area (TPSA) is 55.1 Å². The van der Waals surface area contributed by atoms with E-state index in [-0.39, 0.29) is 11.8 Å². The third-order valence-corrected chi connectivity index (χ3v) is 4.95. The van der Waals surface area contributed by atoms with Crippen molar-refractivity contribution in [2.24, 2.45) is 11.7 Å². The zero-order valence-corrected chi connectivity index (χ0v) is 12.0. The third kappa shape index (κ3) is 3.79. The Labute approximate surface area is 114 Å². The molecule has 1 amide bonds. The highest BCUT2D eigenvalue weighted by Crippen LogP contribution is 2.25. The standard InChI is InChI=1S/C12H17BrN2OS/c13-11-6-5-10(17-11)7-15-9-3-1-8(2-4-9)12(14)16/h5-6,8-9,15H,1-4,7H2,(H2,14,16). The molecule has 0 unspecified atom stereocenters. The Morgan fingerprint density at radius 3 is 2.65 bits per heavy atom. The summed E-state index contributed by atoms with van der Waals surface area (Å²) < 4.78 is 1.17. The van der Waals surface area contributed by atoms with E-state index >= 15 is 0 Å². The number of hydrogen-bond acceptors (Lipinski definition) is 3. The van der Waals surface area contributed by atoms with Crippen LogP contribution in [0.5, 0.6) is 0 Å². The van der Waals surface area contributed by atoms with Gasteiger partial charge < -0.3 is 11.1 Å². The van der Waals surface area contributed by atoms with Crippen LogP contribution in [-0.2, 0) is 11.3 Å².